The van der Waals surface area contributed by atoms with E-state index in [4.69, 9.17) is 5.73 Å². The van der Waals surface area contributed by atoms with Gasteiger partial charge in [-0.3, -0.25) is 0 Å². The number of benzene rings is 2. The Bertz CT molecular complexity index is 963. The summed E-state index contributed by atoms with van der Waals surface area (Å²) >= 11 is 0. The minimum Gasteiger partial charge on any atom is -0.327 e. The van der Waals surface area contributed by atoms with E-state index in [-0.39, 0.29) is 35.4 Å². The highest BCUT2D eigenvalue weighted by molar-refractivity contribution is 7.90. The van der Waals surface area contributed by atoms with Gasteiger partial charge in [0.1, 0.15) is 5.82 Å². The zero-order valence-corrected chi connectivity index (χ0v) is 17.9. The lowest BCUT2D eigenvalue weighted by Gasteiger charge is -2.32. The van der Waals surface area contributed by atoms with Crippen LogP contribution in [0.4, 0.5) is 4.39 Å². The molecule has 2 aliphatic carbocycles. The fourth-order valence-corrected chi connectivity index (χ4v) is 5.80. The van der Waals surface area contributed by atoms with Gasteiger partial charge in [0.25, 0.3) is 0 Å². The Hall–Kier alpha value is -1.47. The van der Waals surface area contributed by atoms with Gasteiger partial charge in [-0.25, -0.2) is 17.5 Å². The molecular formula is C22H28ClFN2O2S. The monoisotopic (exact) mass is 438 g/mol. The van der Waals surface area contributed by atoms with Crippen LogP contribution < -0.4 is 10.5 Å². The van der Waals surface area contributed by atoms with Crippen molar-refractivity contribution < 1.29 is 12.8 Å². The fraction of sp³-hybridized carbons (Fsp3) is 0.455. The maximum absolute atomic E-state index is 13.6. The zero-order chi connectivity index (χ0) is 19.7. The third-order valence-electron chi connectivity index (χ3n) is 6.19. The van der Waals surface area contributed by atoms with Gasteiger partial charge in [0.2, 0.25) is 10.0 Å². The number of fused-ring (bicyclic) bond motifs is 1. The maximum Gasteiger partial charge on any atom is 0.214 e. The van der Waals surface area contributed by atoms with Gasteiger partial charge in [0, 0.05) is 18.5 Å². The minimum atomic E-state index is -3.24. The molecular weight excluding hydrogens is 411 g/mol. The summed E-state index contributed by atoms with van der Waals surface area (Å²) in [6.07, 6.45) is 5.01. The molecule has 2 aliphatic rings. The quantitative estimate of drug-likeness (QED) is 0.720. The summed E-state index contributed by atoms with van der Waals surface area (Å²) in [4.78, 5) is 0. The topological polar surface area (TPSA) is 72.2 Å². The normalized spacial score (nSPS) is 21.7. The van der Waals surface area contributed by atoms with Gasteiger partial charge >= 0.3 is 0 Å². The van der Waals surface area contributed by atoms with E-state index in [9.17, 15) is 12.8 Å². The van der Waals surface area contributed by atoms with E-state index in [1.165, 1.54) is 17.2 Å². The van der Waals surface area contributed by atoms with Crippen molar-refractivity contribution in [1.29, 1.82) is 0 Å². The van der Waals surface area contributed by atoms with Crippen molar-refractivity contribution in [3.8, 4) is 0 Å². The standard InChI is InChI=1S/C22H27FN2O2S.ClH/c23-18-4-1-3-15(11-18)12-21-20-13-16(7-8-17(20)9-10-22(21)24)14-25-28(26,27)19-5-2-6-19;/h1,3-4,7-8,11,13,19,21-22,25H,2,5-6,9-10,12,14,24H2;1H. The molecule has 0 amide bonds. The van der Waals surface area contributed by atoms with Crippen molar-refractivity contribution in [1.82, 2.24) is 4.72 Å². The van der Waals surface area contributed by atoms with Crippen molar-refractivity contribution in [2.45, 2.75) is 62.3 Å². The molecule has 2 aromatic rings. The van der Waals surface area contributed by atoms with Crippen molar-refractivity contribution in [2.24, 2.45) is 5.73 Å². The summed E-state index contributed by atoms with van der Waals surface area (Å²) in [7, 11) is -3.24. The maximum atomic E-state index is 13.6. The van der Waals surface area contributed by atoms with Crippen LogP contribution in [0, 0.1) is 5.82 Å². The summed E-state index contributed by atoms with van der Waals surface area (Å²) in [5.41, 5.74) is 10.7. The summed E-state index contributed by atoms with van der Waals surface area (Å²) in [5.74, 6) is -0.130. The predicted octanol–water partition coefficient (Wildman–Crippen LogP) is 3.82. The van der Waals surface area contributed by atoms with Crippen molar-refractivity contribution >= 4 is 22.4 Å². The highest BCUT2D eigenvalue weighted by Crippen LogP contribution is 2.34. The molecule has 29 heavy (non-hydrogen) atoms. The van der Waals surface area contributed by atoms with E-state index in [0.29, 0.717) is 13.0 Å². The number of rotatable bonds is 6. The van der Waals surface area contributed by atoms with E-state index < -0.39 is 10.0 Å². The lowest BCUT2D eigenvalue weighted by molar-refractivity contribution is 0.465. The molecule has 2 unspecified atom stereocenters. The third-order valence-corrected chi connectivity index (χ3v) is 8.08. The first-order chi connectivity index (χ1) is 13.4. The molecule has 0 spiro atoms. The van der Waals surface area contributed by atoms with Crippen molar-refractivity contribution in [2.75, 3.05) is 0 Å². The molecule has 0 saturated heterocycles. The highest BCUT2D eigenvalue weighted by Gasteiger charge is 2.31. The molecule has 0 bridgehead atoms. The number of hydrogen-bond donors (Lipinski definition) is 2. The molecule has 4 nitrogen and oxygen atoms in total. The lowest BCUT2D eigenvalue weighted by Crippen LogP contribution is -2.38. The summed E-state index contributed by atoms with van der Waals surface area (Å²) < 4.78 is 40.9. The molecule has 7 heteroatoms. The van der Waals surface area contributed by atoms with Crippen LogP contribution in [0.3, 0.4) is 0 Å². The van der Waals surface area contributed by atoms with Gasteiger partial charge in [-0.15, -0.1) is 12.4 Å². The second-order valence-corrected chi connectivity index (χ2v) is 10.1. The second-order valence-electron chi connectivity index (χ2n) is 8.10. The molecule has 2 aromatic carbocycles. The first-order valence-corrected chi connectivity index (χ1v) is 11.6. The summed E-state index contributed by atoms with van der Waals surface area (Å²) in [5, 5.41) is -0.237. The Morgan fingerprint density at radius 1 is 1.07 bits per heavy atom. The minimum absolute atomic E-state index is 0. The Labute approximate surface area is 178 Å². The van der Waals surface area contributed by atoms with E-state index >= 15 is 0 Å². The van der Waals surface area contributed by atoms with Crippen molar-refractivity contribution in [3.63, 3.8) is 0 Å². The van der Waals surface area contributed by atoms with Crippen molar-refractivity contribution in [3.05, 3.63) is 70.5 Å². The van der Waals surface area contributed by atoms with Gasteiger partial charge in [-0.2, -0.15) is 0 Å². The van der Waals surface area contributed by atoms with Crippen LogP contribution in [-0.4, -0.2) is 19.7 Å². The Morgan fingerprint density at radius 2 is 1.86 bits per heavy atom. The zero-order valence-electron chi connectivity index (χ0n) is 16.3. The van der Waals surface area contributed by atoms with Crippen LogP contribution in [0.5, 0.6) is 0 Å². The molecule has 3 N–H and O–H groups in total. The number of nitrogens with one attached hydrogen (secondary N) is 1. The predicted molar refractivity (Wildman–Crippen MR) is 116 cm³/mol. The number of sulfonamides is 1. The lowest BCUT2D eigenvalue weighted by atomic mass is 9.76. The fourth-order valence-electron chi connectivity index (χ4n) is 4.24. The first-order valence-electron chi connectivity index (χ1n) is 10.0. The van der Waals surface area contributed by atoms with Gasteiger partial charge in [0.05, 0.1) is 5.25 Å². The van der Waals surface area contributed by atoms with Gasteiger partial charge < -0.3 is 5.73 Å². The number of hydrogen-bond acceptors (Lipinski definition) is 3. The van der Waals surface area contributed by atoms with Crippen LogP contribution >= 0.6 is 12.4 Å². The molecule has 4 rings (SSSR count). The SMILES string of the molecule is Cl.NC1CCc2ccc(CNS(=O)(=O)C3CCC3)cc2C1Cc1cccc(F)c1. The van der Waals surface area contributed by atoms with Gasteiger partial charge in [-0.1, -0.05) is 36.8 Å². The molecule has 158 valence electrons. The Balaban J connectivity index is 0.00000240. The van der Waals surface area contributed by atoms with Crippen LogP contribution in [-0.2, 0) is 29.4 Å². The number of halogens is 2. The smallest absolute Gasteiger partial charge is 0.214 e. The number of nitrogens with two attached hydrogens (primary N) is 1. The summed E-state index contributed by atoms with van der Waals surface area (Å²) in [6, 6.07) is 12.9. The first kappa shape index (κ1) is 22.2. The average molecular weight is 439 g/mol. The Kier molecular flexibility index (Phi) is 6.99. The van der Waals surface area contributed by atoms with Crippen LogP contribution in [0.1, 0.15) is 53.9 Å². The third kappa shape index (κ3) is 5.00. The molecule has 0 radical (unpaired) electrons. The molecule has 1 fully saturated rings. The van der Waals surface area contributed by atoms with Crippen LogP contribution in [0.2, 0.25) is 0 Å². The van der Waals surface area contributed by atoms with Crippen LogP contribution in [0.15, 0.2) is 42.5 Å². The Morgan fingerprint density at radius 3 is 2.55 bits per heavy atom. The number of aryl methyl sites for hydroxylation is 1. The second kappa shape index (κ2) is 9.13. The molecule has 0 aliphatic heterocycles. The summed E-state index contributed by atoms with van der Waals surface area (Å²) in [6.45, 7) is 0.300. The molecule has 2 atom stereocenters. The van der Waals surface area contributed by atoms with E-state index in [1.807, 2.05) is 12.1 Å². The highest BCUT2D eigenvalue weighted by atomic mass is 35.5. The van der Waals surface area contributed by atoms with E-state index in [1.54, 1.807) is 12.1 Å². The molecule has 0 aromatic heterocycles. The molecule has 0 heterocycles. The van der Waals surface area contributed by atoms with Gasteiger partial charge in [-0.05, 0) is 66.5 Å². The van der Waals surface area contributed by atoms with E-state index in [2.05, 4.69) is 16.9 Å². The average Bonchev–Trinajstić information content (AvgIpc) is 2.61. The van der Waals surface area contributed by atoms with Gasteiger partial charge in [0.15, 0.2) is 0 Å². The molecule has 1 saturated carbocycles. The largest absolute Gasteiger partial charge is 0.327 e. The van der Waals surface area contributed by atoms with E-state index in [0.717, 1.165) is 43.2 Å². The van der Waals surface area contributed by atoms with Crippen LogP contribution in [0.25, 0.3) is 0 Å².